The number of thiophene rings is 1. The van der Waals surface area contributed by atoms with Crippen molar-refractivity contribution in [3.05, 3.63) is 224 Å². The molecular weight excluding hydrogens is 807 g/mol. The van der Waals surface area contributed by atoms with Gasteiger partial charge in [-0.2, -0.15) is 0 Å². The number of anilines is 3. The molecule has 310 valence electrons. The topological polar surface area (TPSA) is 16.4 Å². The molecule has 12 aromatic rings. The molecule has 3 heteroatoms. The zero-order chi connectivity index (χ0) is 43.6. The van der Waals surface area contributed by atoms with E-state index in [1.807, 2.05) is 17.4 Å². The average molecular weight is 852 g/mol. The van der Waals surface area contributed by atoms with Crippen LogP contribution in [-0.2, 0) is 5.41 Å². The Morgan fingerprint density at radius 1 is 0.400 bits per heavy atom. The van der Waals surface area contributed by atoms with Crippen LogP contribution in [0.5, 0.6) is 0 Å². The zero-order valence-electron chi connectivity index (χ0n) is 36.5. The molecule has 0 saturated heterocycles. The summed E-state index contributed by atoms with van der Waals surface area (Å²) in [6.07, 6.45) is 0. The van der Waals surface area contributed by atoms with Crippen LogP contribution in [0.2, 0.25) is 0 Å². The van der Waals surface area contributed by atoms with E-state index in [1.54, 1.807) is 0 Å². The zero-order valence-corrected chi connectivity index (χ0v) is 37.4. The van der Waals surface area contributed by atoms with Gasteiger partial charge in [0.15, 0.2) is 0 Å². The predicted molar refractivity (Wildman–Crippen MR) is 279 cm³/mol. The summed E-state index contributed by atoms with van der Waals surface area (Å²) < 4.78 is 9.04. The number of hydrogen-bond acceptors (Lipinski definition) is 3. The molecule has 0 aliphatic heterocycles. The van der Waals surface area contributed by atoms with Gasteiger partial charge >= 0.3 is 0 Å². The summed E-state index contributed by atoms with van der Waals surface area (Å²) in [4.78, 5) is 2.52. The lowest BCUT2D eigenvalue weighted by Crippen LogP contribution is -2.13. The highest BCUT2D eigenvalue weighted by atomic mass is 32.1. The maximum atomic E-state index is 6.48. The van der Waals surface area contributed by atoms with Crippen molar-refractivity contribution in [3.63, 3.8) is 0 Å². The number of hydrogen-bond donors (Lipinski definition) is 0. The fourth-order valence-corrected chi connectivity index (χ4v) is 10.9. The van der Waals surface area contributed by atoms with Crippen molar-refractivity contribution in [1.29, 1.82) is 0 Å². The van der Waals surface area contributed by atoms with Crippen molar-refractivity contribution in [1.82, 2.24) is 0 Å². The minimum atomic E-state index is 0.0714. The van der Waals surface area contributed by atoms with E-state index in [0.29, 0.717) is 0 Å². The number of benzene rings is 10. The van der Waals surface area contributed by atoms with Gasteiger partial charge in [-0.05, 0) is 110 Å². The molecule has 0 bridgehead atoms. The number of rotatable bonds is 7. The fourth-order valence-electron chi connectivity index (χ4n) is 9.85. The highest BCUT2D eigenvalue weighted by molar-refractivity contribution is 7.25. The van der Waals surface area contributed by atoms with Crippen LogP contribution in [0.3, 0.4) is 0 Å². The van der Waals surface area contributed by atoms with Gasteiger partial charge in [0.25, 0.3) is 0 Å². The van der Waals surface area contributed by atoms with Crippen LogP contribution in [0.15, 0.2) is 223 Å². The second-order valence-electron chi connectivity index (χ2n) is 18.0. The van der Waals surface area contributed by atoms with Gasteiger partial charge in [0, 0.05) is 47.8 Å². The van der Waals surface area contributed by atoms with E-state index in [-0.39, 0.29) is 5.41 Å². The molecular formula is C62H45NOS. The first-order valence-corrected chi connectivity index (χ1v) is 23.2. The van der Waals surface area contributed by atoms with Crippen LogP contribution >= 0.6 is 11.3 Å². The van der Waals surface area contributed by atoms with E-state index in [9.17, 15) is 0 Å². The van der Waals surface area contributed by atoms with Gasteiger partial charge in [-0.15, -0.1) is 11.3 Å². The van der Waals surface area contributed by atoms with Crippen molar-refractivity contribution in [2.24, 2.45) is 0 Å². The van der Waals surface area contributed by atoms with E-state index in [4.69, 9.17) is 4.42 Å². The van der Waals surface area contributed by atoms with E-state index in [0.717, 1.165) is 66.8 Å². The standard InChI is InChI=1S/C62H45NOS/c1-62(2,3)44-32-28-40(29-33-44)43-31-35-54(52(38-43)41-16-5-4-6-17-41)63(45-34-37-59-53(39-45)48-21-12-14-27-58(48)65-59)55-36-30-42-18-7-8-19-46(42)60(55)49-22-10-9-20-47(49)50-24-15-26-57-61(50)51-23-11-13-25-56(51)64-57/h4-39H,1-3H3. The Hall–Kier alpha value is -7.72. The molecule has 2 nitrogen and oxygen atoms in total. The molecule has 65 heavy (non-hydrogen) atoms. The second-order valence-corrected chi connectivity index (χ2v) is 19.1. The molecule has 0 spiro atoms. The van der Waals surface area contributed by atoms with Gasteiger partial charge in [-0.3, -0.25) is 0 Å². The summed E-state index contributed by atoms with van der Waals surface area (Å²) >= 11 is 1.85. The van der Waals surface area contributed by atoms with Gasteiger partial charge in [-0.25, -0.2) is 0 Å². The van der Waals surface area contributed by atoms with E-state index >= 15 is 0 Å². The molecule has 0 fully saturated rings. The van der Waals surface area contributed by atoms with Crippen molar-refractivity contribution >= 4 is 81.3 Å². The van der Waals surface area contributed by atoms with Crippen LogP contribution in [0, 0.1) is 0 Å². The molecule has 0 amide bonds. The molecule has 0 unspecified atom stereocenters. The third kappa shape index (κ3) is 6.70. The minimum Gasteiger partial charge on any atom is -0.456 e. The quantitative estimate of drug-likeness (QED) is 0.159. The lowest BCUT2D eigenvalue weighted by Gasteiger charge is -2.31. The molecule has 0 N–H and O–H groups in total. The van der Waals surface area contributed by atoms with Crippen LogP contribution in [0.1, 0.15) is 26.3 Å². The van der Waals surface area contributed by atoms with Crippen molar-refractivity contribution < 1.29 is 4.42 Å². The average Bonchev–Trinajstić information content (AvgIpc) is 3.93. The van der Waals surface area contributed by atoms with Crippen molar-refractivity contribution in [3.8, 4) is 44.5 Å². The third-order valence-electron chi connectivity index (χ3n) is 13.1. The van der Waals surface area contributed by atoms with Crippen LogP contribution in [0.4, 0.5) is 17.1 Å². The van der Waals surface area contributed by atoms with E-state index in [2.05, 4.69) is 238 Å². The van der Waals surface area contributed by atoms with Crippen LogP contribution in [0.25, 0.3) is 97.4 Å². The maximum Gasteiger partial charge on any atom is 0.136 e. The number of fused-ring (bicyclic) bond motifs is 7. The third-order valence-corrected chi connectivity index (χ3v) is 14.2. The van der Waals surface area contributed by atoms with Gasteiger partial charge in [0.1, 0.15) is 11.2 Å². The molecule has 12 rings (SSSR count). The number of furan rings is 1. The first-order valence-electron chi connectivity index (χ1n) is 22.4. The summed E-state index contributed by atoms with van der Waals surface area (Å²) in [5, 5.41) is 7.14. The molecule has 0 aliphatic carbocycles. The molecule has 2 aromatic heterocycles. The van der Waals surface area contributed by atoms with Gasteiger partial charge in [-0.1, -0.05) is 185 Å². The highest BCUT2D eigenvalue weighted by Crippen LogP contribution is 2.51. The summed E-state index contributed by atoms with van der Waals surface area (Å²) in [6, 6.07) is 80.1. The van der Waals surface area contributed by atoms with Crippen LogP contribution in [-0.4, -0.2) is 0 Å². The smallest absolute Gasteiger partial charge is 0.136 e. The number of para-hydroxylation sites is 1. The lowest BCUT2D eigenvalue weighted by molar-refractivity contribution is 0.590. The van der Waals surface area contributed by atoms with Crippen molar-refractivity contribution in [2.45, 2.75) is 26.2 Å². The monoisotopic (exact) mass is 851 g/mol. The Morgan fingerprint density at radius 3 is 1.88 bits per heavy atom. The van der Waals surface area contributed by atoms with Crippen molar-refractivity contribution in [2.75, 3.05) is 4.90 Å². The molecule has 10 aromatic carbocycles. The van der Waals surface area contributed by atoms with E-state index < -0.39 is 0 Å². The Balaban J connectivity index is 1.16. The molecule has 0 atom stereocenters. The largest absolute Gasteiger partial charge is 0.456 e. The summed E-state index contributed by atoms with van der Waals surface area (Å²) in [7, 11) is 0. The Morgan fingerprint density at radius 2 is 1.05 bits per heavy atom. The normalized spacial score (nSPS) is 11.9. The highest BCUT2D eigenvalue weighted by Gasteiger charge is 2.26. The van der Waals surface area contributed by atoms with Crippen LogP contribution < -0.4 is 4.90 Å². The van der Waals surface area contributed by atoms with Gasteiger partial charge < -0.3 is 9.32 Å². The summed E-state index contributed by atoms with van der Waals surface area (Å²) in [5.74, 6) is 0. The SMILES string of the molecule is CC(C)(C)c1ccc(-c2ccc(N(c3ccc4sc5ccccc5c4c3)c3ccc4ccccc4c3-c3ccccc3-c3cccc4oc5ccccc5c34)c(-c3ccccc3)c2)cc1. The van der Waals surface area contributed by atoms with E-state index in [1.165, 1.54) is 53.2 Å². The maximum absolute atomic E-state index is 6.48. The van der Waals surface area contributed by atoms with Gasteiger partial charge in [0.2, 0.25) is 0 Å². The Kier molecular flexibility index (Phi) is 9.29. The summed E-state index contributed by atoms with van der Waals surface area (Å²) in [6.45, 7) is 6.82. The molecule has 0 saturated carbocycles. The molecule has 2 heterocycles. The first-order chi connectivity index (χ1) is 31.9. The first kappa shape index (κ1) is 38.9. The minimum absolute atomic E-state index is 0.0714. The lowest BCUT2D eigenvalue weighted by atomic mass is 9.86. The predicted octanol–water partition coefficient (Wildman–Crippen LogP) is 18.5. The Bertz CT molecular complexity index is 3760. The summed E-state index contributed by atoms with van der Waals surface area (Å²) in [5.41, 5.74) is 15.8. The second kappa shape index (κ2) is 15.5. The Labute approximate surface area is 383 Å². The van der Waals surface area contributed by atoms with Gasteiger partial charge in [0.05, 0.1) is 11.4 Å². The fraction of sp³-hybridized carbons (Fsp3) is 0.0645. The number of nitrogens with zero attached hydrogens (tertiary/aromatic N) is 1. The molecule has 0 aliphatic rings. The molecule has 0 radical (unpaired) electrons.